The molecule has 2 unspecified atom stereocenters. The topological polar surface area (TPSA) is 64.2 Å². The summed E-state index contributed by atoms with van der Waals surface area (Å²) in [5.41, 5.74) is 6.66. The van der Waals surface area contributed by atoms with Crippen molar-refractivity contribution in [3.63, 3.8) is 0 Å². The lowest BCUT2D eigenvalue weighted by molar-refractivity contribution is -0.129. The van der Waals surface area contributed by atoms with Crippen LogP contribution >= 0.6 is 0 Å². The third-order valence-corrected chi connectivity index (χ3v) is 3.02. The maximum atomic E-state index is 11.7. The van der Waals surface area contributed by atoms with E-state index in [1.165, 1.54) is 6.08 Å². The number of rotatable bonds is 1. The monoisotopic (exact) mass is 220 g/mol. The van der Waals surface area contributed by atoms with E-state index in [0.717, 1.165) is 5.69 Å². The molecular formula is C11H16N4O. The predicted octanol–water partition coefficient (Wildman–Crippen LogP) is 1.12. The van der Waals surface area contributed by atoms with Gasteiger partial charge >= 0.3 is 0 Å². The van der Waals surface area contributed by atoms with E-state index in [-0.39, 0.29) is 18.0 Å². The van der Waals surface area contributed by atoms with E-state index in [1.54, 1.807) is 4.90 Å². The minimum absolute atomic E-state index is 0.00787. The average Bonchev–Trinajstić information content (AvgIpc) is 2.65. The molecule has 0 saturated heterocycles. The summed E-state index contributed by atoms with van der Waals surface area (Å²) >= 11 is 0. The number of aromatic nitrogens is 2. The number of amides is 1. The van der Waals surface area contributed by atoms with E-state index >= 15 is 0 Å². The van der Waals surface area contributed by atoms with Gasteiger partial charge in [-0.25, -0.2) is 0 Å². The van der Waals surface area contributed by atoms with Gasteiger partial charge in [0.25, 0.3) is 0 Å². The fourth-order valence-electron chi connectivity index (χ4n) is 2.17. The van der Waals surface area contributed by atoms with Gasteiger partial charge in [-0.1, -0.05) is 6.58 Å². The molecule has 86 valence electrons. The molecule has 0 radical (unpaired) electrons. The molecule has 0 spiro atoms. The van der Waals surface area contributed by atoms with Crippen molar-refractivity contribution >= 4 is 11.7 Å². The normalized spacial score (nSPS) is 24.0. The zero-order valence-corrected chi connectivity index (χ0v) is 9.55. The number of anilines is 1. The zero-order chi connectivity index (χ0) is 11.9. The Morgan fingerprint density at radius 2 is 2.38 bits per heavy atom. The maximum Gasteiger partial charge on any atom is 0.246 e. The van der Waals surface area contributed by atoms with E-state index in [4.69, 9.17) is 5.73 Å². The molecule has 1 aromatic rings. The van der Waals surface area contributed by atoms with Crippen LogP contribution in [0.25, 0.3) is 0 Å². The number of nitrogens with zero attached hydrogens (tertiary/aromatic N) is 3. The molecule has 2 atom stereocenters. The molecular weight excluding hydrogens is 204 g/mol. The van der Waals surface area contributed by atoms with Crippen LogP contribution in [-0.2, 0) is 4.79 Å². The molecule has 2 heterocycles. The molecule has 2 N–H and O–H groups in total. The highest BCUT2D eigenvalue weighted by atomic mass is 16.2. The molecule has 5 heteroatoms. The summed E-state index contributed by atoms with van der Waals surface area (Å²) in [5.74, 6) is 0.451. The Kier molecular flexibility index (Phi) is 2.46. The first-order valence-electron chi connectivity index (χ1n) is 5.32. The first-order valence-corrected chi connectivity index (χ1v) is 5.32. The molecule has 1 aliphatic rings. The minimum Gasteiger partial charge on any atom is -0.382 e. The van der Waals surface area contributed by atoms with Gasteiger partial charge in [-0.15, -0.1) is 0 Å². The molecule has 0 bridgehead atoms. The van der Waals surface area contributed by atoms with Crippen LogP contribution in [0.4, 0.5) is 5.82 Å². The molecule has 1 aliphatic heterocycles. The number of hydrogen-bond acceptors (Lipinski definition) is 3. The van der Waals surface area contributed by atoms with Gasteiger partial charge in [0.15, 0.2) is 0 Å². The maximum absolute atomic E-state index is 11.7. The second-order valence-corrected chi connectivity index (χ2v) is 4.16. The Labute approximate surface area is 94.5 Å². The lowest BCUT2D eigenvalue weighted by Gasteiger charge is -2.36. The lowest BCUT2D eigenvalue weighted by Crippen LogP contribution is -2.42. The molecule has 1 aromatic heterocycles. The molecule has 0 fully saturated rings. The second kappa shape index (κ2) is 3.66. The predicted molar refractivity (Wildman–Crippen MR) is 61.7 cm³/mol. The van der Waals surface area contributed by atoms with Gasteiger partial charge in [0.2, 0.25) is 5.91 Å². The quantitative estimate of drug-likeness (QED) is 0.721. The average molecular weight is 220 g/mol. The summed E-state index contributed by atoms with van der Waals surface area (Å²) in [6.45, 7) is 8.15. The van der Waals surface area contributed by atoms with E-state index in [9.17, 15) is 4.79 Å². The van der Waals surface area contributed by atoms with Gasteiger partial charge in [-0.3, -0.25) is 9.48 Å². The number of hydrogen-bond donors (Lipinski definition) is 1. The van der Waals surface area contributed by atoms with Gasteiger partial charge in [-0.05, 0) is 19.9 Å². The number of carbonyl (C=O) groups is 1. The zero-order valence-electron chi connectivity index (χ0n) is 9.55. The van der Waals surface area contributed by atoms with Crippen LogP contribution in [-0.4, -0.2) is 27.1 Å². The summed E-state index contributed by atoms with van der Waals surface area (Å²) in [4.78, 5) is 13.5. The Morgan fingerprint density at radius 1 is 1.69 bits per heavy atom. The molecule has 1 amide bonds. The Balaban J connectivity index is 2.40. The summed E-state index contributed by atoms with van der Waals surface area (Å²) < 4.78 is 1.90. The molecule has 16 heavy (non-hydrogen) atoms. The highest BCUT2D eigenvalue weighted by molar-refractivity contribution is 5.87. The summed E-state index contributed by atoms with van der Waals surface area (Å²) in [5, 5.41) is 4.23. The van der Waals surface area contributed by atoms with Crippen molar-refractivity contribution in [1.82, 2.24) is 14.7 Å². The summed E-state index contributed by atoms with van der Waals surface area (Å²) in [6.07, 6.45) is 1.35. The third-order valence-electron chi connectivity index (χ3n) is 3.02. The van der Waals surface area contributed by atoms with E-state index in [2.05, 4.69) is 11.7 Å². The smallest absolute Gasteiger partial charge is 0.246 e. The minimum atomic E-state index is -0.0506. The number of carbonyl (C=O) groups excluding carboxylic acids is 1. The van der Waals surface area contributed by atoms with Gasteiger partial charge in [0.05, 0.1) is 17.8 Å². The molecule has 5 nitrogen and oxygen atoms in total. The van der Waals surface area contributed by atoms with Crippen molar-refractivity contribution in [3.8, 4) is 0 Å². The third kappa shape index (κ3) is 1.48. The second-order valence-electron chi connectivity index (χ2n) is 4.16. The van der Waals surface area contributed by atoms with Crippen LogP contribution in [0, 0.1) is 0 Å². The van der Waals surface area contributed by atoms with E-state index < -0.39 is 0 Å². The van der Waals surface area contributed by atoms with Gasteiger partial charge in [0.1, 0.15) is 5.82 Å². The Hall–Kier alpha value is -1.78. The Bertz CT molecular complexity index is 437. The Morgan fingerprint density at radius 3 is 3.00 bits per heavy atom. The first-order chi connectivity index (χ1) is 7.54. The van der Waals surface area contributed by atoms with Crippen molar-refractivity contribution in [2.75, 3.05) is 12.3 Å². The SMILES string of the molecule is C=CC(=O)N1CC(C)n2nc(N)cc2C1C. The fraction of sp³-hybridized carbons (Fsp3) is 0.455. The van der Waals surface area contributed by atoms with E-state index in [1.807, 2.05) is 24.6 Å². The number of fused-ring (bicyclic) bond motifs is 1. The van der Waals surface area contributed by atoms with Crippen molar-refractivity contribution < 1.29 is 4.79 Å². The largest absolute Gasteiger partial charge is 0.382 e. The van der Waals surface area contributed by atoms with Crippen LogP contribution in [0.5, 0.6) is 0 Å². The van der Waals surface area contributed by atoms with Crippen LogP contribution in [0.15, 0.2) is 18.7 Å². The molecule has 0 aromatic carbocycles. The fourth-order valence-corrected chi connectivity index (χ4v) is 2.17. The summed E-state index contributed by atoms with van der Waals surface area (Å²) in [6, 6.07) is 1.96. The first kappa shape index (κ1) is 10.7. The lowest BCUT2D eigenvalue weighted by atomic mass is 10.1. The molecule has 0 saturated carbocycles. The van der Waals surface area contributed by atoms with Crippen molar-refractivity contribution in [2.24, 2.45) is 0 Å². The van der Waals surface area contributed by atoms with Crippen molar-refractivity contribution in [1.29, 1.82) is 0 Å². The van der Waals surface area contributed by atoms with Crippen LogP contribution in [0.1, 0.15) is 31.6 Å². The standard InChI is InChI=1S/C11H16N4O/c1-4-11(16)14-6-7(2)15-9(8(14)3)5-10(12)13-15/h4-5,7-8H,1,6H2,2-3H3,(H2,12,13). The van der Waals surface area contributed by atoms with Crippen LogP contribution < -0.4 is 5.73 Å². The van der Waals surface area contributed by atoms with E-state index in [0.29, 0.717) is 12.4 Å². The van der Waals surface area contributed by atoms with Gasteiger partial charge in [-0.2, -0.15) is 5.10 Å². The van der Waals surface area contributed by atoms with Crippen molar-refractivity contribution in [3.05, 3.63) is 24.4 Å². The number of nitrogen functional groups attached to an aromatic ring is 1. The van der Waals surface area contributed by atoms with Crippen molar-refractivity contribution in [2.45, 2.75) is 25.9 Å². The molecule has 0 aliphatic carbocycles. The highest BCUT2D eigenvalue weighted by Gasteiger charge is 2.31. The van der Waals surface area contributed by atoms with Gasteiger partial charge < -0.3 is 10.6 Å². The number of nitrogens with two attached hydrogens (primary N) is 1. The molecule has 2 rings (SSSR count). The summed E-state index contributed by atoms with van der Waals surface area (Å²) in [7, 11) is 0. The van der Waals surface area contributed by atoms with Gasteiger partial charge in [0, 0.05) is 12.6 Å². The highest BCUT2D eigenvalue weighted by Crippen LogP contribution is 2.31. The van der Waals surface area contributed by atoms with Crippen LogP contribution in [0.3, 0.4) is 0 Å². The van der Waals surface area contributed by atoms with Crippen LogP contribution in [0.2, 0.25) is 0 Å².